The SMILES string of the molecule is OCCc1ccnc(-c2cnc3ccc(N4CCC[C@@H]4c4cc(F)ccc4O)nn23)n1. The van der Waals surface area contributed by atoms with Crippen LogP contribution in [0.3, 0.4) is 0 Å². The zero-order valence-electron chi connectivity index (χ0n) is 16.7. The first kappa shape index (κ1) is 19.4. The van der Waals surface area contributed by atoms with E-state index in [0.29, 0.717) is 35.0 Å². The van der Waals surface area contributed by atoms with E-state index in [4.69, 9.17) is 5.10 Å². The average Bonchev–Trinajstić information content (AvgIpc) is 3.42. The number of hydrogen-bond acceptors (Lipinski definition) is 7. The summed E-state index contributed by atoms with van der Waals surface area (Å²) < 4.78 is 15.5. The lowest BCUT2D eigenvalue weighted by Crippen LogP contribution is -2.24. The largest absolute Gasteiger partial charge is 0.508 e. The predicted molar refractivity (Wildman–Crippen MR) is 112 cm³/mol. The number of nitrogens with zero attached hydrogens (tertiary/aromatic N) is 6. The van der Waals surface area contributed by atoms with Gasteiger partial charge in [-0.2, -0.15) is 0 Å². The Labute approximate surface area is 177 Å². The molecule has 0 aliphatic carbocycles. The highest BCUT2D eigenvalue weighted by molar-refractivity contribution is 5.58. The van der Waals surface area contributed by atoms with Crippen molar-refractivity contribution in [3.63, 3.8) is 0 Å². The molecule has 4 heterocycles. The number of benzene rings is 1. The van der Waals surface area contributed by atoms with Crippen LogP contribution in [0.15, 0.2) is 48.8 Å². The normalized spacial score (nSPS) is 16.3. The average molecular weight is 420 g/mol. The molecule has 1 saturated heterocycles. The zero-order chi connectivity index (χ0) is 21.4. The molecule has 0 radical (unpaired) electrons. The van der Waals surface area contributed by atoms with Gasteiger partial charge in [0.15, 0.2) is 11.5 Å². The molecule has 1 fully saturated rings. The van der Waals surface area contributed by atoms with Gasteiger partial charge in [-0.25, -0.2) is 23.9 Å². The maximum absolute atomic E-state index is 13.8. The molecule has 0 unspecified atom stereocenters. The lowest BCUT2D eigenvalue weighted by molar-refractivity contribution is 0.298. The molecule has 0 amide bonds. The fraction of sp³-hybridized carbons (Fsp3) is 0.273. The minimum absolute atomic E-state index is 0.00920. The van der Waals surface area contributed by atoms with Crippen LogP contribution in [-0.2, 0) is 6.42 Å². The number of aromatic nitrogens is 5. The van der Waals surface area contributed by atoms with Gasteiger partial charge in [-0.3, -0.25) is 0 Å². The van der Waals surface area contributed by atoms with Crippen LogP contribution in [-0.4, -0.2) is 47.9 Å². The van der Waals surface area contributed by atoms with E-state index in [2.05, 4.69) is 19.9 Å². The molecule has 0 saturated carbocycles. The van der Waals surface area contributed by atoms with Gasteiger partial charge < -0.3 is 15.1 Å². The molecule has 0 bridgehead atoms. The molecular weight excluding hydrogens is 399 g/mol. The molecule has 9 heteroatoms. The van der Waals surface area contributed by atoms with Gasteiger partial charge in [-0.05, 0) is 49.2 Å². The number of aliphatic hydroxyl groups excluding tert-OH is 1. The molecule has 2 N–H and O–H groups in total. The third-order valence-electron chi connectivity index (χ3n) is 5.55. The van der Waals surface area contributed by atoms with E-state index in [1.807, 2.05) is 12.1 Å². The van der Waals surface area contributed by atoms with Gasteiger partial charge in [0.25, 0.3) is 0 Å². The number of aromatic hydroxyl groups is 1. The highest BCUT2D eigenvalue weighted by atomic mass is 19.1. The van der Waals surface area contributed by atoms with E-state index in [1.54, 1.807) is 23.0 Å². The minimum atomic E-state index is -0.375. The molecule has 31 heavy (non-hydrogen) atoms. The Bertz CT molecular complexity index is 1240. The summed E-state index contributed by atoms with van der Waals surface area (Å²) in [4.78, 5) is 15.3. The van der Waals surface area contributed by atoms with E-state index < -0.39 is 0 Å². The van der Waals surface area contributed by atoms with E-state index in [1.165, 1.54) is 18.2 Å². The van der Waals surface area contributed by atoms with E-state index >= 15 is 0 Å². The van der Waals surface area contributed by atoms with Gasteiger partial charge in [0.2, 0.25) is 0 Å². The molecule has 5 rings (SSSR count). The number of anilines is 1. The lowest BCUT2D eigenvalue weighted by Gasteiger charge is -2.26. The molecule has 158 valence electrons. The van der Waals surface area contributed by atoms with Gasteiger partial charge >= 0.3 is 0 Å². The van der Waals surface area contributed by atoms with Crippen LogP contribution in [0.2, 0.25) is 0 Å². The third-order valence-corrected chi connectivity index (χ3v) is 5.55. The van der Waals surface area contributed by atoms with Crippen molar-refractivity contribution in [2.24, 2.45) is 0 Å². The van der Waals surface area contributed by atoms with Crippen LogP contribution < -0.4 is 4.90 Å². The first-order valence-electron chi connectivity index (χ1n) is 10.2. The fourth-order valence-corrected chi connectivity index (χ4v) is 4.10. The Hall–Kier alpha value is -3.59. The highest BCUT2D eigenvalue weighted by Crippen LogP contribution is 2.39. The number of phenols is 1. The maximum Gasteiger partial charge on any atom is 0.180 e. The third kappa shape index (κ3) is 3.57. The Balaban J connectivity index is 1.55. The van der Waals surface area contributed by atoms with E-state index in [9.17, 15) is 14.6 Å². The number of phenolic OH excluding ortho intramolecular Hbond substituents is 1. The van der Waals surface area contributed by atoms with Gasteiger partial charge in [-0.1, -0.05) is 0 Å². The van der Waals surface area contributed by atoms with Crippen LogP contribution in [0, 0.1) is 5.82 Å². The second kappa shape index (κ2) is 7.92. The number of hydrogen-bond donors (Lipinski definition) is 2. The molecule has 1 aliphatic rings. The standard InChI is InChI=1S/C22H21FN6O2/c23-14-3-4-19(31)16(12-14)17-2-1-10-28(17)21-6-5-20-25-13-18(29(20)27-21)22-24-9-7-15(26-22)8-11-30/h3-7,9,12-13,17,30-31H,1-2,8,10-11H2/t17-/m1/s1. The van der Waals surface area contributed by atoms with E-state index in [0.717, 1.165) is 25.1 Å². The van der Waals surface area contributed by atoms with Crippen molar-refractivity contribution in [2.45, 2.75) is 25.3 Å². The van der Waals surface area contributed by atoms with Crippen LogP contribution in [0.25, 0.3) is 17.2 Å². The molecule has 1 aliphatic heterocycles. The Kier molecular flexibility index (Phi) is 4.95. The molecule has 1 aromatic carbocycles. The van der Waals surface area contributed by atoms with E-state index in [-0.39, 0.29) is 24.2 Å². The summed E-state index contributed by atoms with van der Waals surface area (Å²) in [6.45, 7) is 0.751. The maximum atomic E-state index is 13.8. The summed E-state index contributed by atoms with van der Waals surface area (Å²) in [7, 11) is 0. The number of imidazole rings is 1. The van der Waals surface area contributed by atoms with Crippen LogP contribution in [0.1, 0.15) is 30.1 Å². The van der Waals surface area contributed by atoms with Gasteiger partial charge in [0.1, 0.15) is 23.1 Å². The fourth-order valence-electron chi connectivity index (χ4n) is 4.10. The summed E-state index contributed by atoms with van der Waals surface area (Å²) in [5, 5.41) is 24.3. The minimum Gasteiger partial charge on any atom is -0.508 e. The van der Waals surface area contributed by atoms with Crippen molar-refractivity contribution in [1.82, 2.24) is 24.6 Å². The van der Waals surface area contributed by atoms with Crippen molar-refractivity contribution < 1.29 is 14.6 Å². The van der Waals surface area contributed by atoms with Crippen molar-refractivity contribution >= 4 is 11.5 Å². The van der Waals surface area contributed by atoms with Gasteiger partial charge in [0, 0.05) is 37.0 Å². The molecule has 1 atom stereocenters. The molecule has 0 spiro atoms. The molecule has 4 aromatic rings. The second-order valence-corrected chi connectivity index (χ2v) is 7.50. The summed E-state index contributed by atoms with van der Waals surface area (Å²) >= 11 is 0. The Morgan fingerprint density at radius 1 is 1.13 bits per heavy atom. The number of aliphatic hydroxyl groups is 1. The van der Waals surface area contributed by atoms with Crippen molar-refractivity contribution in [1.29, 1.82) is 0 Å². The quantitative estimate of drug-likeness (QED) is 0.512. The summed E-state index contributed by atoms with van der Waals surface area (Å²) in [6.07, 6.45) is 5.46. The van der Waals surface area contributed by atoms with Crippen LogP contribution >= 0.6 is 0 Å². The number of halogens is 1. The van der Waals surface area contributed by atoms with Crippen LogP contribution in [0.5, 0.6) is 5.75 Å². The number of rotatable bonds is 5. The topological polar surface area (TPSA) is 99.7 Å². The molecular formula is C22H21FN6O2. The van der Waals surface area contributed by atoms with Crippen molar-refractivity contribution in [3.05, 3.63) is 65.9 Å². The summed E-state index contributed by atoms with van der Waals surface area (Å²) in [5.74, 6) is 0.880. The van der Waals surface area contributed by atoms with Crippen molar-refractivity contribution in [2.75, 3.05) is 18.1 Å². The summed E-state index contributed by atoms with van der Waals surface area (Å²) in [5.41, 5.74) is 2.59. The lowest BCUT2D eigenvalue weighted by atomic mass is 10.0. The first-order chi connectivity index (χ1) is 15.1. The highest BCUT2D eigenvalue weighted by Gasteiger charge is 2.30. The zero-order valence-corrected chi connectivity index (χ0v) is 16.7. The predicted octanol–water partition coefficient (Wildman–Crippen LogP) is 2.91. The summed E-state index contributed by atoms with van der Waals surface area (Å²) in [6, 6.07) is 9.38. The Morgan fingerprint density at radius 2 is 2.03 bits per heavy atom. The monoisotopic (exact) mass is 420 g/mol. The van der Waals surface area contributed by atoms with Gasteiger partial charge in [0.05, 0.1) is 12.2 Å². The second-order valence-electron chi connectivity index (χ2n) is 7.50. The van der Waals surface area contributed by atoms with Crippen LogP contribution in [0.4, 0.5) is 10.2 Å². The molecule has 3 aromatic heterocycles. The first-order valence-corrected chi connectivity index (χ1v) is 10.2. The Morgan fingerprint density at radius 3 is 2.90 bits per heavy atom. The van der Waals surface area contributed by atoms with Crippen molar-refractivity contribution in [3.8, 4) is 17.3 Å². The van der Waals surface area contributed by atoms with Gasteiger partial charge in [-0.15, -0.1) is 5.10 Å². The molecule has 8 nitrogen and oxygen atoms in total. The number of fused-ring (bicyclic) bond motifs is 1. The smallest absolute Gasteiger partial charge is 0.180 e.